The molecular formula is C15H23N3O3. The topological polar surface area (TPSA) is 93.5 Å². The van der Waals surface area contributed by atoms with Gasteiger partial charge in [-0.15, -0.1) is 0 Å². The van der Waals surface area contributed by atoms with Crippen molar-refractivity contribution in [3.63, 3.8) is 0 Å². The summed E-state index contributed by atoms with van der Waals surface area (Å²) in [5.74, 6) is -0.378. The number of ether oxygens (including phenoxy) is 1. The fourth-order valence-electron chi connectivity index (χ4n) is 1.74. The van der Waals surface area contributed by atoms with E-state index in [0.29, 0.717) is 11.4 Å². The molecule has 6 heteroatoms. The third-order valence-corrected chi connectivity index (χ3v) is 3.25. The summed E-state index contributed by atoms with van der Waals surface area (Å²) in [6, 6.07) is 6.34. The van der Waals surface area contributed by atoms with E-state index < -0.39 is 6.04 Å². The second kappa shape index (κ2) is 8.39. The maximum Gasteiger partial charge on any atom is 0.250 e. The van der Waals surface area contributed by atoms with Gasteiger partial charge in [-0.25, -0.2) is 0 Å². The lowest BCUT2D eigenvalue weighted by atomic mass is 9.99. The van der Waals surface area contributed by atoms with Gasteiger partial charge in [-0.05, 0) is 24.1 Å². The molecule has 0 aromatic heterocycles. The van der Waals surface area contributed by atoms with Gasteiger partial charge >= 0.3 is 0 Å². The fraction of sp³-hybridized carbons (Fsp3) is 0.467. The van der Waals surface area contributed by atoms with Crippen molar-refractivity contribution in [1.82, 2.24) is 0 Å². The zero-order chi connectivity index (χ0) is 15.8. The molecule has 21 heavy (non-hydrogen) atoms. The van der Waals surface area contributed by atoms with Crippen molar-refractivity contribution in [1.29, 1.82) is 0 Å². The molecule has 0 aliphatic rings. The van der Waals surface area contributed by atoms with Gasteiger partial charge < -0.3 is 21.1 Å². The van der Waals surface area contributed by atoms with E-state index in [-0.39, 0.29) is 24.3 Å². The van der Waals surface area contributed by atoms with Crippen LogP contribution >= 0.6 is 0 Å². The van der Waals surface area contributed by atoms with Gasteiger partial charge in [0.05, 0.1) is 6.04 Å². The average Bonchev–Trinajstić information content (AvgIpc) is 2.46. The van der Waals surface area contributed by atoms with E-state index in [1.54, 1.807) is 24.3 Å². The smallest absolute Gasteiger partial charge is 0.250 e. The van der Waals surface area contributed by atoms with Crippen LogP contribution < -0.4 is 16.4 Å². The van der Waals surface area contributed by atoms with Gasteiger partial charge in [0, 0.05) is 18.5 Å². The van der Waals surface area contributed by atoms with Gasteiger partial charge in [0.2, 0.25) is 11.8 Å². The number of carbonyl (C=O) groups excluding carboxylic acids is 2. The number of rotatable bonds is 7. The zero-order valence-electron chi connectivity index (χ0n) is 12.7. The van der Waals surface area contributed by atoms with Crippen LogP contribution in [0, 0.1) is 5.92 Å². The molecule has 0 radical (unpaired) electrons. The molecule has 1 rings (SSSR count). The Labute approximate surface area is 125 Å². The molecule has 0 bridgehead atoms. The lowest BCUT2D eigenvalue weighted by Crippen LogP contribution is -2.40. The molecule has 0 aliphatic heterocycles. The molecule has 4 N–H and O–H groups in total. The highest BCUT2D eigenvalue weighted by atomic mass is 16.5. The maximum absolute atomic E-state index is 12.0. The summed E-state index contributed by atoms with van der Waals surface area (Å²) in [6.45, 7) is 3.91. The number of carbonyl (C=O) groups is 2. The summed E-state index contributed by atoms with van der Waals surface area (Å²) in [5, 5.41) is 5.43. The number of hydrogen-bond donors (Lipinski definition) is 3. The third-order valence-electron chi connectivity index (χ3n) is 3.25. The van der Waals surface area contributed by atoms with Crippen molar-refractivity contribution < 1.29 is 14.3 Å². The second-order valence-corrected chi connectivity index (χ2v) is 4.96. The lowest BCUT2D eigenvalue weighted by molar-refractivity contribution is -0.120. The van der Waals surface area contributed by atoms with Crippen molar-refractivity contribution in [2.75, 3.05) is 24.4 Å². The Kier molecular flexibility index (Phi) is 6.84. The molecule has 2 unspecified atom stereocenters. The number of amides is 2. The van der Waals surface area contributed by atoms with Crippen LogP contribution in [-0.4, -0.2) is 31.6 Å². The first-order valence-electron chi connectivity index (χ1n) is 6.93. The molecule has 6 nitrogen and oxygen atoms in total. The van der Waals surface area contributed by atoms with Crippen LogP contribution in [0.5, 0.6) is 0 Å². The molecule has 2 amide bonds. The monoisotopic (exact) mass is 293 g/mol. The van der Waals surface area contributed by atoms with E-state index in [1.807, 2.05) is 13.8 Å². The van der Waals surface area contributed by atoms with E-state index in [1.165, 1.54) is 7.11 Å². The van der Waals surface area contributed by atoms with Crippen LogP contribution in [0.1, 0.15) is 20.3 Å². The van der Waals surface area contributed by atoms with Crippen molar-refractivity contribution in [2.24, 2.45) is 11.7 Å². The van der Waals surface area contributed by atoms with Crippen LogP contribution in [-0.2, 0) is 14.3 Å². The Morgan fingerprint density at radius 3 is 2.48 bits per heavy atom. The minimum atomic E-state index is -0.554. The third kappa shape index (κ3) is 5.53. The minimum Gasteiger partial charge on any atom is -0.375 e. The largest absolute Gasteiger partial charge is 0.375 e. The Balaban J connectivity index is 2.68. The number of anilines is 2. The number of nitrogens with two attached hydrogens (primary N) is 1. The summed E-state index contributed by atoms with van der Waals surface area (Å²) in [6.07, 6.45) is 0.835. The number of nitrogens with one attached hydrogen (secondary N) is 2. The van der Waals surface area contributed by atoms with Crippen molar-refractivity contribution in [2.45, 2.75) is 26.3 Å². The van der Waals surface area contributed by atoms with Crippen molar-refractivity contribution >= 4 is 23.2 Å². The Bertz CT molecular complexity index is 491. The Morgan fingerprint density at radius 2 is 1.90 bits per heavy atom. The van der Waals surface area contributed by atoms with Crippen LogP contribution in [0.25, 0.3) is 0 Å². The van der Waals surface area contributed by atoms with Gasteiger partial charge in [-0.1, -0.05) is 26.3 Å². The first-order valence-corrected chi connectivity index (χ1v) is 6.93. The van der Waals surface area contributed by atoms with Crippen LogP contribution in [0.4, 0.5) is 11.4 Å². The molecule has 0 spiro atoms. The molecule has 0 fully saturated rings. The predicted molar refractivity (Wildman–Crippen MR) is 83.0 cm³/mol. The van der Waals surface area contributed by atoms with Crippen LogP contribution in [0.2, 0.25) is 0 Å². The second-order valence-electron chi connectivity index (χ2n) is 4.96. The maximum atomic E-state index is 12.0. The van der Waals surface area contributed by atoms with Crippen molar-refractivity contribution in [3.8, 4) is 0 Å². The molecule has 0 saturated heterocycles. The highest BCUT2D eigenvalue weighted by Gasteiger charge is 2.19. The van der Waals surface area contributed by atoms with Crippen molar-refractivity contribution in [3.05, 3.63) is 24.3 Å². The van der Waals surface area contributed by atoms with Gasteiger partial charge in [-0.2, -0.15) is 0 Å². The highest BCUT2D eigenvalue weighted by Crippen LogP contribution is 2.16. The van der Waals surface area contributed by atoms with Crippen LogP contribution in [0.3, 0.4) is 0 Å². The zero-order valence-corrected chi connectivity index (χ0v) is 12.7. The normalized spacial score (nSPS) is 13.3. The Hall–Kier alpha value is -1.92. The lowest BCUT2D eigenvalue weighted by Gasteiger charge is -2.18. The Morgan fingerprint density at radius 1 is 1.29 bits per heavy atom. The van der Waals surface area contributed by atoms with Crippen LogP contribution in [0.15, 0.2) is 24.3 Å². The molecule has 0 heterocycles. The van der Waals surface area contributed by atoms with E-state index in [9.17, 15) is 9.59 Å². The summed E-state index contributed by atoms with van der Waals surface area (Å²) in [7, 11) is 1.45. The average molecular weight is 293 g/mol. The molecule has 1 aromatic carbocycles. The molecule has 0 aliphatic carbocycles. The summed E-state index contributed by atoms with van der Waals surface area (Å²) in [5.41, 5.74) is 7.06. The first kappa shape index (κ1) is 17.1. The van der Waals surface area contributed by atoms with Gasteiger partial charge in [0.25, 0.3) is 0 Å². The summed E-state index contributed by atoms with van der Waals surface area (Å²) < 4.78 is 4.74. The minimum absolute atomic E-state index is 0.0184. The van der Waals surface area contributed by atoms with E-state index in [4.69, 9.17) is 10.5 Å². The van der Waals surface area contributed by atoms with E-state index in [2.05, 4.69) is 10.6 Å². The molecule has 1 aromatic rings. The highest BCUT2D eigenvalue weighted by molar-refractivity contribution is 5.96. The standard InChI is InChI=1S/C15H23N3O3/c1-4-10(2)14(16)15(20)18-12-7-5-6-11(8-12)17-13(19)9-21-3/h5-8,10,14H,4,9,16H2,1-3H3,(H,17,19)(H,18,20). The summed E-state index contributed by atoms with van der Waals surface area (Å²) in [4.78, 5) is 23.4. The fourth-order valence-corrected chi connectivity index (χ4v) is 1.74. The SMILES string of the molecule is CCC(C)C(N)C(=O)Nc1cccc(NC(=O)COC)c1. The predicted octanol–water partition coefficient (Wildman–Crippen LogP) is 1.58. The van der Waals surface area contributed by atoms with E-state index >= 15 is 0 Å². The first-order chi connectivity index (χ1) is 9.97. The quantitative estimate of drug-likeness (QED) is 0.711. The summed E-state index contributed by atoms with van der Waals surface area (Å²) >= 11 is 0. The number of hydrogen-bond acceptors (Lipinski definition) is 4. The number of methoxy groups -OCH3 is 1. The molecule has 0 saturated carbocycles. The molecule has 2 atom stereocenters. The molecular weight excluding hydrogens is 270 g/mol. The van der Waals surface area contributed by atoms with Gasteiger partial charge in [0.15, 0.2) is 0 Å². The van der Waals surface area contributed by atoms with Gasteiger partial charge in [-0.3, -0.25) is 9.59 Å². The number of benzene rings is 1. The van der Waals surface area contributed by atoms with E-state index in [0.717, 1.165) is 6.42 Å². The van der Waals surface area contributed by atoms with Gasteiger partial charge in [0.1, 0.15) is 6.61 Å². The molecule has 116 valence electrons.